The lowest BCUT2D eigenvalue weighted by Gasteiger charge is -2.34. The predicted octanol–water partition coefficient (Wildman–Crippen LogP) is 14.1. The van der Waals surface area contributed by atoms with Gasteiger partial charge in [0, 0.05) is 47.0 Å². The van der Waals surface area contributed by atoms with E-state index in [2.05, 4.69) is 202 Å². The monoisotopic (exact) mass is 856 g/mol. The maximum Gasteiger partial charge on any atom is 0.115 e. The molecule has 0 amide bonds. The van der Waals surface area contributed by atoms with Crippen molar-refractivity contribution in [3.05, 3.63) is 266 Å². The second kappa shape index (κ2) is 16.8. The molecule has 6 heteroatoms. The lowest BCUT2D eigenvalue weighted by molar-refractivity contribution is 0.769. The SMILES string of the molecule is c1ccc(C2(c3ccccc3)c3ccccc3-c3ccc(-c4cc(-c5cccc(-c6cccc(-c7cncnc7)n6)c5)cc(-c5cccc(-c6cccc(-c7cncnc7)n6)c5)c4)cc32)cc1. The number of fused-ring (bicyclic) bond motifs is 3. The summed E-state index contributed by atoms with van der Waals surface area (Å²) < 4.78 is 0. The number of pyridine rings is 2. The van der Waals surface area contributed by atoms with Crippen molar-refractivity contribution in [2.24, 2.45) is 0 Å². The molecule has 0 N–H and O–H groups in total. The van der Waals surface area contributed by atoms with Gasteiger partial charge in [0.05, 0.1) is 28.2 Å². The summed E-state index contributed by atoms with van der Waals surface area (Å²) >= 11 is 0. The molecule has 0 saturated carbocycles. The molecule has 11 aromatic rings. The zero-order chi connectivity index (χ0) is 44.6. The fourth-order valence-corrected chi connectivity index (χ4v) is 9.84. The Balaban J connectivity index is 1.03. The first kappa shape index (κ1) is 39.6. The Labute approximate surface area is 389 Å². The third kappa shape index (κ3) is 7.18. The fourth-order valence-electron chi connectivity index (χ4n) is 9.84. The van der Waals surface area contributed by atoms with Gasteiger partial charge in [-0.1, -0.05) is 146 Å². The van der Waals surface area contributed by atoms with E-state index in [0.29, 0.717) is 0 Å². The molecule has 0 atom stereocenters. The smallest absolute Gasteiger partial charge is 0.115 e. The van der Waals surface area contributed by atoms with Gasteiger partial charge in [0.2, 0.25) is 0 Å². The highest BCUT2D eigenvalue weighted by atomic mass is 14.8. The van der Waals surface area contributed by atoms with Crippen LogP contribution < -0.4 is 0 Å². The first-order valence-electron chi connectivity index (χ1n) is 22.4. The van der Waals surface area contributed by atoms with Gasteiger partial charge in [0.25, 0.3) is 0 Å². The molecular formula is C61H40N6. The fraction of sp³-hybridized carbons (Fsp3) is 0.0164. The predicted molar refractivity (Wildman–Crippen MR) is 269 cm³/mol. The largest absolute Gasteiger partial charge is 0.248 e. The van der Waals surface area contributed by atoms with Crippen LogP contribution >= 0.6 is 0 Å². The van der Waals surface area contributed by atoms with Gasteiger partial charge in [-0.15, -0.1) is 0 Å². The van der Waals surface area contributed by atoms with Gasteiger partial charge in [-0.05, 0) is 127 Å². The van der Waals surface area contributed by atoms with Gasteiger partial charge in [0.15, 0.2) is 0 Å². The molecule has 12 rings (SSSR count). The summed E-state index contributed by atoms with van der Waals surface area (Å²) in [6.45, 7) is 0. The molecule has 6 nitrogen and oxygen atoms in total. The molecule has 314 valence electrons. The van der Waals surface area contributed by atoms with Crippen molar-refractivity contribution in [2.75, 3.05) is 0 Å². The van der Waals surface area contributed by atoms with Crippen LogP contribution in [0.4, 0.5) is 0 Å². The van der Waals surface area contributed by atoms with Crippen LogP contribution in [0.1, 0.15) is 22.3 Å². The first-order valence-corrected chi connectivity index (χ1v) is 22.4. The van der Waals surface area contributed by atoms with Gasteiger partial charge >= 0.3 is 0 Å². The van der Waals surface area contributed by atoms with Crippen molar-refractivity contribution in [3.63, 3.8) is 0 Å². The summed E-state index contributed by atoms with van der Waals surface area (Å²) in [5, 5.41) is 0. The summed E-state index contributed by atoms with van der Waals surface area (Å²) in [7, 11) is 0. The average molecular weight is 857 g/mol. The number of hydrogen-bond acceptors (Lipinski definition) is 6. The van der Waals surface area contributed by atoms with Crippen molar-refractivity contribution in [2.45, 2.75) is 5.41 Å². The topological polar surface area (TPSA) is 77.3 Å². The highest BCUT2D eigenvalue weighted by molar-refractivity contribution is 5.90. The lowest BCUT2D eigenvalue weighted by Crippen LogP contribution is -2.28. The van der Waals surface area contributed by atoms with Gasteiger partial charge in [-0.25, -0.2) is 29.9 Å². The lowest BCUT2D eigenvalue weighted by atomic mass is 9.67. The molecular weight excluding hydrogens is 817 g/mol. The van der Waals surface area contributed by atoms with E-state index in [1.54, 1.807) is 24.8 Å². The number of nitrogens with zero attached hydrogens (tertiary/aromatic N) is 6. The van der Waals surface area contributed by atoms with E-state index in [0.717, 1.165) is 78.4 Å². The second-order valence-electron chi connectivity index (χ2n) is 16.8. The first-order chi connectivity index (χ1) is 33.2. The summed E-state index contributed by atoms with van der Waals surface area (Å²) in [5.41, 5.74) is 20.8. The molecule has 67 heavy (non-hydrogen) atoms. The normalized spacial score (nSPS) is 12.3. The Bertz CT molecular complexity index is 3390. The van der Waals surface area contributed by atoms with Crippen LogP contribution in [0.15, 0.2) is 244 Å². The second-order valence-corrected chi connectivity index (χ2v) is 16.8. The molecule has 0 radical (unpaired) electrons. The maximum atomic E-state index is 5.06. The van der Waals surface area contributed by atoms with E-state index >= 15 is 0 Å². The quantitative estimate of drug-likeness (QED) is 0.144. The van der Waals surface area contributed by atoms with Gasteiger partial charge in [0.1, 0.15) is 12.7 Å². The molecule has 7 aromatic carbocycles. The van der Waals surface area contributed by atoms with Crippen LogP contribution in [0, 0.1) is 0 Å². The molecule has 0 spiro atoms. The van der Waals surface area contributed by atoms with Crippen LogP contribution in [-0.2, 0) is 5.41 Å². The molecule has 4 aromatic heterocycles. The van der Waals surface area contributed by atoms with E-state index in [1.807, 2.05) is 24.3 Å². The number of aromatic nitrogens is 6. The van der Waals surface area contributed by atoms with Gasteiger partial charge in [-0.3, -0.25) is 0 Å². The highest BCUT2D eigenvalue weighted by Crippen LogP contribution is 2.56. The molecule has 1 aliphatic carbocycles. The molecule has 0 saturated heterocycles. The van der Waals surface area contributed by atoms with Crippen LogP contribution in [-0.4, -0.2) is 29.9 Å². The zero-order valence-electron chi connectivity index (χ0n) is 36.3. The van der Waals surface area contributed by atoms with E-state index < -0.39 is 5.41 Å². The Kier molecular flexibility index (Phi) is 9.95. The minimum absolute atomic E-state index is 0.519. The van der Waals surface area contributed by atoms with Crippen LogP contribution in [0.25, 0.3) is 89.5 Å². The average Bonchev–Trinajstić information content (AvgIpc) is 3.72. The van der Waals surface area contributed by atoms with Crippen LogP contribution in [0.2, 0.25) is 0 Å². The summed E-state index contributed by atoms with van der Waals surface area (Å²) in [4.78, 5) is 27.1. The minimum Gasteiger partial charge on any atom is -0.248 e. The maximum absolute atomic E-state index is 5.06. The molecule has 4 heterocycles. The van der Waals surface area contributed by atoms with E-state index in [4.69, 9.17) is 9.97 Å². The van der Waals surface area contributed by atoms with E-state index in [-0.39, 0.29) is 0 Å². The van der Waals surface area contributed by atoms with Gasteiger partial charge < -0.3 is 0 Å². The van der Waals surface area contributed by atoms with Crippen LogP contribution in [0.5, 0.6) is 0 Å². The van der Waals surface area contributed by atoms with Crippen molar-refractivity contribution < 1.29 is 0 Å². The van der Waals surface area contributed by atoms with E-state index in [9.17, 15) is 0 Å². The molecule has 0 fully saturated rings. The van der Waals surface area contributed by atoms with Crippen molar-refractivity contribution in [1.82, 2.24) is 29.9 Å². The van der Waals surface area contributed by atoms with E-state index in [1.165, 1.54) is 46.0 Å². The van der Waals surface area contributed by atoms with Crippen LogP contribution in [0.3, 0.4) is 0 Å². The molecule has 0 unspecified atom stereocenters. The third-order valence-corrected chi connectivity index (χ3v) is 12.9. The van der Waals surface area contributed by atoms with Gasteiger partial charge in [-0.2, -0.15) is 0 Å². The Morgan fingerprint density at radius 1 is 0.254 bits per heavy atom. The number of benzene rings is 7. The Hall–Kier alpha value is -9.00. The minimum atomic E-state index is -0.519. The summed E-state index contributed by atoms with van der Waals surface area (Å²) in [5.74, 6) is 0. The molecule has 1 aliphatic rings. The zero-order valence-corrected chi connectivity index (χ0v) is 36.3. The molecule has 0 bridgehead atoms. The third-order valence-electron chi connectivity index (χ3n) is 12.9. The summed E-state index contributed by atoms with van der Waals surface area (Å²) in [6, 6.07) is 74.5. The number of rotatable bonds is 9. The standard InChI is InChI=1S/C61H40N6/c1-3-17-51(18-4-1)61(52-19-5-2-6-20-52)55-22-8-7-21-53(55)54-28-27-43(34-56(54)61)48-32-46(41-13-9-15-44(29-41)57-23-11-25-59(66-57)49-35-62-39-63-36-49)31-47(33-48)42-14-10-16-45(30-42)58-24-12-26-60(67-58)50-37-64-40-65-38-50/h1-40H. The Morgan fingerprint density at radius 3 is 1.15 bits per heavy atom. The van der Waals surface area contributed by atoms with Crippen molar-refractivity contribution >= 4 is 0 Å². The van der Waals surface area contributed by atoms with Crippen molar-refractivity contribution in [3.8, 4) is 89.5 Å². The molecule has 0 aliphatic heterocycles. The Morgan fingerprint density at radius 2 is 0.642 bits per heavy atom. The summed E-state index contributed by atoms with van der Waals surface area (Å²) in [6.07, 6.45) is 10.3. The van der Waals surface area contributed by atoms with Crippen molar-refractivity contribution in [1.29, 1.82) is 0 Å². The highest BCUT2D eigenvalue weighted by Gasteiger charge is 2.46. The number of hydrogen-bond donors (Lipinski definition) is 0.